The minimum absolute atomic E-state index is 0.0181. The zero-order valence-electron chi connectivity index (χ0n) is 21.1. The summed E-state index contributed by atoms with van der Waals surface area (Å²) in [5, 5.41) is 0.805. The second-order valence-electron chi connectivity index (χ2n) is 10.3. The van der Waals surface area contributed by atoms with Crippen molar-refractivity contribution in [1.82, 2.24) is 14.8 Å². The van der Waals surface area contributed by atoms with Crippen LogP contribution < -0.4 is 4.74 Å². The van der Waals surface area contributed by atoms with Crippen molar-refractivity contribution in [1.29, 1.82) is 0 Å². The summed E-state index contributed by atoms with van der Waals surface area (Å²) in [6.45, 7) is 4.80. The molecule has 0 atom stereocenters. The highest BCUT2D eigenvalue weighted by molar-refractivity contribution is 5.98. The first-order valence-corrected chi connectivity index (χ1v) is 12.4. The summed E-state index contributed by atoms with van der Waals surface area (Å²) in [6.07, 6.45) is -2.12. The third kappa shape index (κ3) is 6.40. The van der Waals surface area contributed by atoms with E-state index in [2.05, 4.69) is 29.8 Å². The molecule has 0 radical (unpaired) electrons. The van der Waals surface area contributed by atoms with Crippen molar-refractivity contribution in [2.24, 2.45) is 5.92 Å². The second kappa shape index (κ2) is 10.5. The van der Waals surface area contributed by atoms with Crippen molar-refractivity contribution in [3.8, 4) is 5.75 Å². The molecule has 36 heavy (non-hydrogen) atoms. The number of carbonyl (C=O) groups is 1. The smallest absolute Gasteiger partial charge is 0.406 e. The quantitative estimate of drug-likeness (QED) is 0.417. The molecule has 1 aromatic heterocycles. The van der Waals surface area contributed by atoms with Crippen LogP contribution in [0.2, 0.25) is 0 Å². The van der Waals surface area contributed by atoms with Crippen molar-refractivity contribution in [3.05, 3.63) is 65.9 Å². The highest BCUT2D eigenvalue weighted by atomic mass is 19.4. The van der Waals surface area contributed by atoms with E-state index >= 15 is 0 Å². The number of alkyl halides is 3. The Morgan fingerprint density at radius 2 is 1.81 bits per heavy atom. The minimum Gasteiger partial charge on any atom is -0.497 e. The molecule has 1 fully saturated rings. The summed E-state index contributed by atoms with van der Waals surface area (Å²) in [5.74, 6) is 0.236. The molecule has 1 amide bonds. The molecule has 4 rings (SSSR count). The SMILES string of the molecule is COc1cccc(CC(C)(C)N2CCC(CN(CC(F)(F)F)C(=O)c3cc4ccccc4[nH]3)CC2)c1. The minimum atomic E-state index is -4.46. The number of H-pyrrole nitrogens is 1. The Labute approximate surface area is 210 Å². The van der Waals surface area contributed by atoms with E-state index in [1.807, 2.05) is 42.5 Å². The highest BCUT2D eigenvalue weighted by Crippen LogP contribution is 2.30. The summed E-state index contributed by atoms with van der Waals surface area (Å²) < 4.78 is 45.5. The van der Waals surface area contributed by atoms with E-state index in [1.54, 1.807) is 13.2 Å². The number of hydrogen-bond donors (Lipinski definition) is 1. The Balaban J connectivity index is 1.40. The molecular weight excluding hydrogens is 467 g/mol. The third-order valence-corrected chi connectivity index (χ3v) is 7.14. The Morgan fingerprint density at radius 3 is 2.47 bits per heavy atom. The van der Waals surface area contributed by atoms with E-state index in [4.69, 9.17) is 4.74 Å². The molecule has 2 aromatic carbocycles. The molecule has 0 spiro atoms. The van der Waals surface area contributed by atoms with Crippen LogP contribution in [0.15, 0.2) is 54.6 Å². The number of piperidine rings is 1. The lowest BCUT2D eigenvalue weighted by molar-refractivity contribution is -0.142. The molecule has 1 N–H and O–H groups in total. The van der Waals surface area contributed by atoms with Crippen LogP contribution in [0.1, 0.15) is 42.7 Å². The van der Waals surface area contributed by atoms with Gasteiger partial charge in [0.1, 0.15) is 18.0 Å². The van der Waals surface area contributed by atoms with Crippen LogP contribution in [-0.2, 0) is 6.42 Å². The van der Waals surface area contributed by atoms with Crippen LogP contribution >= 0.6 is 0 Å². The monoisotopic (exact) mass is 501 g/mol. The van der Waals surface area contributed by atoms with Crippen LogP contribution in [-0.4, -0.2) is 65.7 Å². The fourth-order valence-corrected chi connectivity index (χ4v) is 5.22. The van der Waals surface area contributed by atoms with Crippen molar-refractivity contribution in [2.75, 3.05) is 33.3 Å². The van der Waals surface area contributed by atoms with Crippen LogP contribution in [0.3, 0.4) is 0 Å². The zero-order valence-corrected chi connectivity index (χ0v) is 21.1. The molecular formula is C28H34F3N3O2. The lowest BCUT2D eigenvalue weighted by Crippen LogP contribution is -2.51. The maximum atomic E-state index is 13.4. The molecule has 5 nitrogen and oxygen atoms in total. The first-order valence-electron chi connectivity index (χ1n) is 12.4. The second-order valence-corrected chi connectivity index (χ2v) is 10.3. The van der Waals surface area contributed by atoms with Crippen LogP contribution in [0, 0.1) is 5.92 Å². The number of para-hydroxylation sites is 1. The van der Waals surface area contributed by atoms with Crippen molar-refractivity contribution >= 4 is 16.8 Å². The molecule has 8 heteroatoms. The van der Waals surface area contributed by atoms with Crippen molar-refractivity contribution in [2.45, 2.75) is 44.8 Å². The average molecular weight is 502 g/mol. The number of methoxy groups -OCH3 is 1. The summed E-state index contributed by atoms with van der Waals surface area (Å²) in [6, 6.07) is 17.0. The van der Waals surface area contributed by atoms with Gasteiger partial charge in [-0.05, 0) is 81.9 Å². The molecule has 0 saturated carbocycles. The number of rotatable bonds is 8. The van der Waals surface area contributed by atoms with Gasteiger partial charge >= 0.3 is 6.18 Å². The van der Waals surface area contributed by atoms with E-state index in [-0.39, 0.29) is 23.7 Å². The van der Waals surface area contributed by atoms with Crippen LogP contribution in [0.4, 0.5) is 13.2 Å². The predicted molar refractivity (Wildman–Crippen MR) is 135 cm³/mol. The zero-order chi connectivity index (χ0) is 25.9. The number of ether oxygens (including phenoxy) is 1. The number of fused-ring (bicyclic) bond motifs is 1. The molecule has 1 aliphatic rings. The fourth-order valence-electron chi connectivity index (χ4n) is 5.22. The van der Waals surface area contributed by atoms with Gasteiger partial charge in [-0.25, -0.2) is 0 Å². The van der Waals surface area contributed by atoms with Gasteiger partial charge in [0, 0.05) is 23.0 Å². The van der Waals surface area contributed by atoms with Gasteiger partial charge in [-0.1, -0.05) is 30.3 Å². The number of benzene rings is 2. The molecule has 0 unspecified atom stereocenters. The number of likely N-dealkylation sites (tertiary alicyclic amines) is 1. The van der Waals surface area contributed by atoms with E-state index < -0.39 is 18.6 Å². The Kier molecular flexibility index (Phi) is 7.64. The highest BCUT2D eigenvalue weighted by Gasteiger charge is 2.37. The van der Waals surface area contributed by atoms with Crippen LogP contribution in [0.25, 0.3) is 10.9 Å². The number of nitrogens with zero attached hydrogens (tertiary/aromatic N) is 2. The van der Waals surface area contributed by atoms with Gasteiger partial charge in [-0.15, -0.1) is 0 Å². The van der Waals surface area contributed by atoms with E-state index in [1.165, 1.54) is 5.56 Å². The lowest BCUT2D eigenvalue weighted by atomic mass is 9.88. The topological polar surface area (TPSA) is 48.6 Å². The number of amides is 1. The van der Waals surface area contributed by atoms with Gasteiger partial charge in [0.15, 0.2) is 0 Å². The standard InChI is InChI=1S/C28H34F3N3O2/c1-27(2,17-21-7-6-9-23(15-21)36-3)34-13-11-20(12-14-34)18-33(19-28(29,30)31)26(35)25-16-22-8-4-5-10-24(22)32-25/h4-10,15-16,20,32H,11-14,17-19H2,1-3H3. The lowest BCUT2D eigenvalue weighted by Gasteiger charge is -2.44. The molecule has 194 valence electrons. The van der Waals surface area contributed by atoms with Crippen molar-refractivity contribution in [3.63, 3.8) is 0 Å². The van der Waals surface area contributed by atoms with Gasteiger partial charge in [0.2, 0.25) is 0 Å². The number of halogens is 3. The number of hydrogen-bond acceptors (Lipinski definition) is 3. The van der Waals surface area contributed by atoms with Gasteiger partial charge in [0.05, 0.1) is 7.11 Å². The number of nitrogens with one attached hydrogen (secondary N) is 1. The van der Waals surface area contributed by atoms with E-state index in [0.717, 1.165) is 53.9 Å². The Morgan fingerprint density at radius 1 is 1.08 bits per heavy atom. The summed E-state index contributed by atoms with van der Waals surface area (Å²) in [5.41, 5.74) is 2.00. The molecule has 2 heterocycles. The molecule has 0 bridgehead atoms. The summed E-state index contributed by atoms with van der Waals surface area (Å²) in [4.78, 5) is 19.5. The molecule has 0 aliphatic carbocycles. The first-order chi connectivity index (χ1) is 17.0. The maximum absolute atomic E-state index is 13.4. The van der Waals surface area contributed by atoms with Gasteiger partial charge in [-0.3, -0.25) is 9.69 Å². The van der Waals surface area contributed by atoms with Gasteiger partial charge in [0.25, 0.3) is 5.91 Å². The van der Waals surface area contributed by atoms with E-state index in [9.17, 15) is 18.0 Å². The Bertz CT molecular complexity index is 1150. The largest absolute Gasteiger partial charge is 0.497 e. The van der Waals surface area contributed by atoms with Gasteiger partial charge < -0.3 is 14.6 Å². The first kappa shape index (κ1) is 26.1. The molecule has 1 aliphatic heterocycles. The number of aromatic nitrogens is 1. The Hall–Kier alpha value is -3.00. The number of aromatic amines is 1. The average Bonchev–Trinajstić information content (AvgIpc) is 3.27. The molecule has 3 aromatic rings. The summed E-state index contributed by atoms with van der Waals surface area (Å²) >= 11 is 0. The molecule has 1 saturated heterocycles. The normalized spacial score (nSPS) is 15.8. The van der Waals surface area contributed by atoms with Crippen molar-refractivity contribution < 1.29 is 22.7 Å². The van der Waals surface area contributed by atoms with E-state index in [0.29, 0.717) is 0 Å². The number of carbonyl (C=O) groups excluding carboxylic acids is 1. The summed E-state index contributed by atoms with van der Waals surface area (Å²) in [7, 11) is 1.65. The van der Waals surface area contributed by atoms with Crippen LogP contribution in [0.5, 0.6) is 5.75 Å². The fraction of sp³-hybridized carbons (Fsp3) is 0.464. The third-order valence-electron chi connectivity index (χ3n) is 7.14. The van der Waals surface area contributed by atoms with Gasteiger partial charge in [-0.2, -0.15) is 13.2 Å². The predicted octanol–water partition coefficient (Wildman–Crippen LogP) is 5.91. The maximum Gasteiger partial charge on any atom is 0.406 e.